The van der Waals surface area contributed by atoms with Crippen molar-refractivity contribution >= 4 is 22.2 Å². The largest absolute Gasteiger partial charge is 0.443 e. The molecule has 4 aromatic heterocycles. The quantitative estimate of drug-likeness (QED) is 0.244. The Morgan fingerprint density at radius 2 is 1.21 bits per heavy atom. The van der Waals surface area contributed by atoms with Gasteiger partial charge in [-0.05, 0) is 44.4 Å². The molecule has 0 bridgehead atoms. The third kappa shape index (κ3) is 3.42. The van der Waals surface area contributed by atoms with Crippen LogP contribution >= 0.6 is 0 Å². The molecule has 9 nitrogen and oxygen atoms in total. The summed E-state index contributed by atoms with van der Waals surface area (Å²) in [5.41, 5.74) is 8.65. The highest BCUT2D eigenvalue weighted by atomic mass is 16.3. The molecule has 8 rings (SSSR count). The number of nitrogens with one attached hydrogen (secondary N) is 3. The van der Waals surface area contributed by atoms with Crippen LogP contribution in [0, 0.1) is 0 Å². The van der Waals surface area contributed by atoms with Crippen molar-refractivity contribution in [2.45, 2.75) is 50.5 Å². The smallest absolute Gasteiger partial charge is 0.182 e. The topological polar surface area (TPSA) is 121 Å². The molecule has 0 spiro atoms. The highest BCUT2D eigenvalue weighted by Gasteiger charge is 2.24. The van der Waals surface area contributed by atoms with Gasteiger partial charge in [-0.2, -0.15) is 0 Å². The SMILES string of the molecule is c1nc2c(-c3ccc(-c4cnc([C@@H]5CCCN5)[nH]4)c4ocnc34)ccc(-c3cnc(C4CCCC4)[nH]3)c2o1. The van der Waals surface area contributed by atoms with Crippen molar-refractivity contribution in [1.29, 1.82) is 0 Å². The van der Waals surface area contributed by atoms with Crippen molar-refractivity contribution in [1.82, 2.24) is 35.2 Å². The first-order valence-corrected chi connectivity index (χ1v) is 13.4. The zero-order valence-corrected chi connectivity index (χ0v) is 20.8. The Morgan fingerprint density at radius 1 is 0.632 bits per heavy atom. The standard InChI is InChI=1S/C29H27N7O2/c1-2-5-16(4-1)28-31-12-22(35-28)19-9-7-17(24-26(19)37-14-33-24)18-8-10-20(27-25(18)34-15-38-27)23-13-32-29(36-23)21-6-3-11-30-21/h7-10,12-16,21,30H,1-6,11H2,(H,31,35)(H,32,36)/t21-/m0/s1. The molecule has 9 heteroatoms. The second-order valence-electron chi connectivity index (χ2n) is 10.4. The Labute approximate surface area is 218 Å². The number of oxazole rings is 2. The summed E-state index contributed by atoms with van der Waals surface area (Å²) in [5.74, 6) is 2.55. The maximum absolute atomic E-state index is 5.92. The molecule has 6 aromatic rings. The molecule has 38 heavy (non-hydrogen) atoms. The van der Waals surface area contributed by atoms with Gasteiger partial charge in [-0.3, -0.25) is 0 Å². The molecule has 2 aliphatic rings. The molecule has 5 heterocycles. The molecule has 0 radical (unpaired) electrons. The number of aromatic nitrogens is 6. The molecular formula is C29H27N7O2. The van der Waals surface area contributed by atoms with Crippen LogP contribution in [0.4, 0.5) is 0 Å². The number of rotatable bonds is 5. The second-order valence-corrected chi connectivity index (χ2v) is 10.4. The number of hydrogen-bond donors (Lipinski definition) is 3. The summed E-state index contributed by atoms with van der Waals surface area (Å²) in [6, 6.07) is 8.57. The van der Waals surface area contributed by atoms with E-state index in [-0.39, 0.29) is 6.04 Å². The van der Waals surface area contributed by atoms with Gasteiger partial charge in [0.25, 0.3) is 0 Å². The van der Waals surface area contributed by atoms with Gasteiger partial charge in [0.15, 0.2) is 24.0 Å². The summed E-state index contributed by atoms with van der Waals surface area (Å²) in [6.07, 6.45) is 14.0. The minimum atomic E-state index is 0.274. The molecule has 2 fully saturated rings. The zero-order valence-electron chi connectivity index (χ0n) is 20.8. The lowest BCUT2D eigenvalue weighted by Gasteiger charge is -2.09. The molecule has 3 N–H and O–H groups in total. The van der Waals surface area contributed by atoms with Gasteiger partial charge in [-0.15, -0.1) is 0 Å². The maximum atomic E-state index is 5.92. The van der Waals surface area contributed by atoms with Crippen LogP contribution in [0.5, 0.6) is 0 Å². The van der Waals surface area contributed by atoms with E-state index < -0.39 is 0 Å². The van der Waals surface area contributed by atoms with E-state index in [4.69, 9.17) is 13.8 Å². The van der Waals surface area contributed by atoms with Crippen LogP contribution < -0.4 is 5.32 Å². The molecule has 0 unspecified atom stereocenters. The van der Waals surface area contributed by atoms with E-state index in [1.54, 1.807) is 0 Å². The molecule has 1 saturated carbocycles. The van der Waals surface area contributed by atoms with Crippen LogP contribution in [0.25, 0.3) is 55.8 Å². The molecule has 1 saturated heterocycles. The molecule has 2 aromatic carbocycles. The summed E-state index contributed by atoms with van der Waals surface area (Å²) in [5, 5.41) is 3.50. The van der Waals surface area contributed by atoms with Gasteiger partial charge in [-0.25, -0.2) is 19.9 Å². The van der Waals surface area contributed by atoms with Gasteiger partial charge in [0.2, 0.25) is 0 Å². The van der Waals surface area contributed by atoms with Crippen molar-refractivity contribution in [3.63, 3.8) is 0 Å². The van der Waals surface area contributed by atoms with Crippen molar-refractivity contribution in [3.05, 3.63) is 61.1 Å². The van der Waals surface area contributed by atoms with Crippen LogP contribution in [-0.4, -0.2) is 36.4 Å². The molecule has 0 amide bonds. The Balaban J connectivity index is 1.19. The first kappa shape index (κ1) is 21.8. The van der Waals surface area contributed by atoms with E-state index in [1.807, 2.05) is 12.4 Å². The van der Waals surface area contributed by atoms with Gasteiger partial charge in [0.05, 0.1) is 29.8 Å². The fourth-order valence-electron chi connectivity index (χ4n) is 6.21. The van der Waals surface area contributed by atoms with Gasteiger partial charge in [0, 0.05) is 28.2 Å². The zero-order chi connectivity index (χ0) is 25.1. The van der Waals surface area contributed by atoms with Gasteiger partial charge >= 0.3 is 0 Å². The van der Waals surface area contributed by atoms with Crippen molar-refractivity contribution in [2.24, 2.45) is 0 Å². The molecule has 190 valence electrons. The predicted molar refractivity (Wildman–Crippen MR) is 143 cm³/mol. The Bertz CT molecular complexity index is 1630. The summed E-state index contributed by atoms with van der Waals surface area (Å²) in [6.45, 7) is 1.03. The van der Waals surface area contributed by atoms with E-state index in [9.17, 15) is 0 Å². The summed E-state index contributed by atoms with van der Waals surface area (Å²) >= 11 is 0. The summed E-state index contributed by atoms with van der Waals surface area (Å²) in [7, 11) is 0. The molecular weight excluding hydrogens is 478 g/mol. The second kappa shape index (κ2) is 8.66. The summed E-state index contributed by atoms with van der Waals surface area (Å²) in [4.78, 5) is 25.6. The highest BCUT2D eigenvalue weighted by molar-refractivity contribution is 6.06. The minimum absolute atomic E-state index is 0.274. The fraction of sp³-hybridized carbons (Fsp3) is 0.310. The fourth-order valence-corrected chi connectivity index (χ4v) is 6.21. The van der Waals surface area contributed by atoms with Crippen LogP contribution in [0.2, 0.25) is 0 Å². The van der Waals surface area contributed by atoms with Crippen LogP contribution in [0.3, 0.4) is 0 Å². The Hall–Kier alpha value is -4.24. The lowest BCUT2D eigenvalue weighted by molar-refractivity contribution is 0.602. The lowest BCUT2D eigenvalue weighted by atomic mass is 9.98. The van der Waals surface area contributed by atoms with E-state index in [0.717, 1.165) is 74.9 Å². The van der Waals surface area contributed by atoms with Crippen LogP contribution in [-0.2, 0) is 0 Å². The molecule has 1 atom stereocenters. The van der Waals surface area contributed by atoms with Gasteiger partial charge in [-0.1, -0.05) is 25.0 Å². The average molecular weight is 506 g/mol. The normalized spacial score (nSPS) is 18.4. The third-order valence-corrected chi connectivity index (χ3v) is 8.16. The van der Waals surface area contributed by atoms with Crippen LogP contribution in [0.15, 0.2) is 58.3 Å². The van der Waals surface area contributed by atoms with Crippen molar-refractivity contribution in [2.75, 3.05) is 6.54 Å². The minimum Gasteiger partial charge on any atom is -0.443 e. The molecule has 1 aliphatic heterocycles. The van der Waals surface area contributed by atoms with E-state index in [2.05, 4.69) is 54.5 Å². The maximum Gasteiger partial charge on any atom is 0.182 e. The van der Waals surface area contributed by atoms with E-state index >= 15 is 0 Å². The van der Waals surface area contributed by atoms with E-state index in [0.29, 0.717) is 11.5 Å². The number of nitrogens with zero attached hydrogens (tertiary/aromatic N) is 4. The number of fused-ring (bicyclic) bond motifs is 2. The van der Waals surface area contributed by atoms with Gasteiger partial charge in [0.1, 0.15) is 22.7 Å². The number of benzene rings is 2. The monoisotopic (exact) mass is 505 g/mol. The van der Waals surface area contributed by atoms with Crippen molar-refractivity contribution in [3.8, 4) is 33.6 Å². The molecule has 1 aliphatic carbocycles. The average Bonchev–Trinajstić information content (AvgIpc) is 3.80. The third-order valence-electron chi connectivity index (χ3n) is 8.16. The number of aromatic amines is 2. The lowest BCUT2D eigenvalue weighted by Crippen LogP contribution is -2.14. The van der Waals surface area contributed by atoms with Gasteiger partial charge < -0.3 is 24.1 Å². The summed E-state index contributed by atoms with van der Waals surface area (Å²) < 4.78 is 11.8. The van der Waals surface area contributed by atoms with E-state index in [1.165, 1.54) is 44.9 Å². The first-order valence-electron chi connectivity index (χ1n) is 13.4. The van der Waals surface area contributed by atoms with Crippen molar-refractivity contribution < 1.29 is 8.83 Å². The predicted octanol–water partition coefficient (Wildman–Crippen LogP) is 6.50. The highest BCUT2D eigenvalue weighted by Crippen LogP contribution is 2.40. The number of imidazole rings is 2. The van der Waals surface area contributed by atoms with Crippen LogP contribution in [0.1, 0.15) is 62.1 Å². The Kier molecular flexibility index (Phi) is 4.97. The first-order chi connectivity index (χ1) is 18.8. The Morgan fingerprint density at radius 3 is 1.82 bits per heavy atom. The number of hydrogen-bond acceptors (Lipinski definition) is 7. The number of H-pyrrole nitrogens is 2.